The maximum Gasteiger partial charge on any atom is 0.0400 e. The number of benzene rings is 3. The highest BCUT2D eigenvalue weighted by molar-refractivity contribution is 7.99. The van der Waals surface area contributed by atoms with Crippen LogP contribution in [-0.2, 0) is 0 Å². The summed E-state index contributed by atoms with van der Waals surface area (Å²) in [7, 11) is 1.91. The van der Waals surface area contributed by atoms with Crippen LogP contribution in [0.2, 0.25) is 0 Å². The number of rotatable bonds is 13. The van der Waals surface area contributed by atoms with E-state index >= 15 is 0 Å². The Morgan fingerprint density at radius 1 is 0.925 bits per heavy atom. The van der Waals surface area contributed by atoms with Gasteiger partial charge in [-0.2, -0.15) is 0 Å². The van der Waals surface area contributed by atoms with Gasteiger partial charge in [0.1, 0.15) is 0 Å². The van der Waals surface area contributed by atoms with Crippen molar-refractivity contribution in [1.82, 2.24) is 15.5 Å². The molecule has 208 valence electrons. The summed E-state index contributed by atoms with van der Waals surface area (Å²) in [4.78, 5) is 4.98. The fourth-order valence-corrected chi connectivity index (χ4v) is 6.60. The first kappa shape index (κ1) is 29.5. The van der Waals surface area contributed by atoms with Gasteiger partial charge in [-0.15, -0.1) is 0 Å². The quantitative estimate of drug-likeness (QED) is 0.210. The second kappa shape index (κ2) is 14.8. The molecular formula is C36H43N3S. The lowest BCUT2D eigenvalue weighted by Crippen LogP contribution is -2.32. The lowest BCUT2D eigenvalue weighted by molar-refractivity contribution is 0.320. The fraction of sp³-hybridized carbons (Fsp3) is 0.278. The number of hydrogen-bond acceptors (Lipinski definition) is 4. The van der Waals surface area contributed by atoms with Gasteiger partial charge in [0.15, 0.2) is 0 Å². The predicted molar refractivity (Wildman–Crippen MR) is 174 cm³/mol. The third-order valence-corrected chi connectivity index (χ3v) is 8.78. The third-order valence-electron chi connectivity index (χ3n) is 7.63. The van der Waals surface area contributed by atoms with E-state index in [4.69, 9.17) is 0 Å². The van der Waals surface area contributed by atoms with Crippen LogP contribution >= 0.6 is 11.8 Å². The van der Waals surface area contributed by atoms with Gasteiger partial charge in [0, 0.05) is 64.4 Å². The highest BCUT2D eigenvalue weighted by Crippen LogP contribution is 2.36. The zero-order valence-corrected chi connectivity index (χ0v) is 25.0. The molecule has 2 N–H and O–H groups in total. The van der Waals surface area contributed by atoms with Crippen molar-refractivity contribution in [3.63, 3.8) is 0 Å². The summed E-state index contributed by atoms with van der Waals surface area (Å²) in [5.74, 6) is 0.412. The monoisotopic (exact) mass is 549 g/mol. The third kappa shape index (κ3) is 7.59. The Morgan fingerprint density at radius 3 is 2.17 bits per heavy atom. The van der Waals surface area contributed by atoms with Crippen LogP contribution in [0.5, 0.6) is 0 Å². The van der Waals surface area contributed by atoms with Crippen molar-refractivity contribution in [3.8, 4) is 0 Å². The van der Waals surface area contributed by atoms with Gasteiger partial charge in [0.25, 0.3) is 0 Å². The molecule has 1 heterocycles. The molecule has 2 atom stereocenters. The minimum atomic E-state index is 0.397. The van der Waals surface area contributed by atoms with Gasteiger partial charge in [-0.1, -0.05) is 110 Å². The van der Waals surface area contributed by atoms with E-state index in [-0.39, 0.29) is 0 Å². The molecule has 4 rings (SSSR count). The van der Waals surface area contributed by atoms with E-state index in [0.717, 1.165) is 55.0 Å². The Bertz CT molecular complexity index is 1340. The number of likely N-dealkylation sites (tertiary alicyclic amines) is 1. The standard InChI is InChI=1S/C36H43N3S/c1-6-15-29(7-2)34(30-16-9-8-10-17-30)23-25-39-24-22-31(26-39)38-28(4)33-19-12-14-21-36(33)40-35-20-13-11-18-32(35)27(3)37-5/h6-21,31,34,37-38H,3-4,22-26H2,1-2,5H3/b15-6-,29-7+. The Hall–Kier alpha value is -3.47. The molecule has 0 aromatic heterocycles. The lowest BCUT2D eigenvalue weighted by atomic mass is 9.87. The van der Waals surface area contributed by atoms with Gasteiger partial charge in [-0.25, -0.2) is 0 Å². The van der Waals surface area contributed by atoms with E-state index in [0.29, 0.717) is 12.0 Å². The minimum absolute atomic E-state index is 0.397. The van der Waals surface area contributed by atoms with Crippen LogP contribution in [0.25, 0.3) is 11.4 Å². The maximum absolute atomic E-state index is 4.47. The van der Waals surface area contributed by atoms with E-state index < -0.39 is 0 Å². The Morgan fingerprint density at radius 2 is 1.55 bits per heavy atom. The first-order chi connectivity index (χ1) is 19.5. The molecular weight excluding hydrogens is 506 g/mol. The van der Waals surface area contributed by atoms with Gasteiger partial charge >= 0.3 is 0 Å². The van der Waals surface area contributed by atoms with E-state index in [9.17, 15) is 0 Å². The molecule has 0 radical (unpaired) electrons. The van der Waals surface area contributed by atoms with Crippen molar-refractivity contribution in [1.29, 1.82) is 0 Å². The summed E-state index contributed by atoms with van der Waals surface area (Å²) in [6.07, 6.45) is 8.91. The van der Waals surface area contributed by atoms with E-state index in [1.807, 2.05) is 7.05 Å². The van der Waals surface area contributed by atoms with Gasteiger partial charge < -0.3 is 15.5 Å². The summed E-state index contributed by atoms with van der Waals surface area (Å²) in [6, 6.07) is 28.3. The molecule has 3 aromatic rings. The van der Waals surface area contributed by atoms with Crippen molar-refractivity contribution in [2.75, 3.05) is 26.7 Å². The molecule has 40 heavy (non-hydrogen) atoms. The van der Waals surface area contributed by atoms with Crippen molar-refractivity contribution in [2.24, 2.45) is 0 Å². The molecule has 3 nitrogen and oxygen atoms in total. The van der Waals surface area contributed by atoms with E-state index in [2.05, 4.69) is 140 Å². The SMILES string of the molecule is C=C(NC)c1ccccc1Sc1ccccc1C(=C)NC1CCN(CCC(C(/C=C\C)=C/C)c2ccccc2)C1. The van der Waals surface area contributed by atoms with Crippen LogP contribution in [0.4, 0.5) is 0 Å². The highest BCUT2D eigenvalue weighted by atomic mass is 32.2. The lowest BCUT2D eigenvalue weighted by Gasteiger charge is -2.24. The van der Waals surface area contributed by atoms with Crippen molar-refractivity contribution in [3.05, 3.63) is 133 Å². The van der Waals surface area contributed by atoms with Crippen LogP contribution < -0.4 is 10.6 Å². The molecule has 0 bridgehead atoms. The van der Waals surface area contributed by atoms with E-state index in [1.54, 1.807) is 11.8 Å². The molecule has 0 amide bonds. The van der Waals surface area contributed by atoms with Crippen molar-refractivity contribution in [2.45, 2.75) is 48.4 Å². The highest BCUT2D eigenvalue weighted by Gasteiger charge is 2.25. The van der Waals surface area contributed by atoms with Crippen LogP contribution in [0, 0.1) is 0 Å². The van der Waals surface area contributed by atoms with Crippen LogP contribution in [0.1, 0.15) is 49.3 Å². The molecule has 1 fully saturated rings. The fourth-order valence-electron chi connectivity index (χ4n) is 5.47. The first-order valence-corrected chi connectivity index (χ1v) is 15.1. The molecule has 3 aromatic carbocycles. The molecule has 4 heteroatoms. The second-order valence-electron chi connectivity index (χ2n) is 10.3. The normalized spacial score (nSPS) is 16.7. The molecule has 1 aliphatic heterocycles. The van der Waals surface area contributed by atoms with Gasteiger partial charge in [0.2, 0.25) is 0 Å². The number of nitrogens with zero attached hydrogens (tertiary/aromatic N) is 1. The smallest absolute Gasteiger partial charge is 0.0400 e. The first-order valence-electron chi connectivity index (χ1n) is 14.3. The van der Waals surface area contributed by atoms with Crippen LogP contribution in [0.3, 0.4) is 0 Å². The van der Waals surface area contributed by atoms with Crippen LogP contribution in [0.15, 0.2) is 126 Å². The molecule has 2 unspecified atom stereocenters. The number of nitrogens with one attached hydrogen (secondary N) is 2. The average Bonchev–Trinajstić information content (AvgIpc) is 3.44. The summed E-state index contributed by atoms with van der Waals surface area (Å²) in [6.45, 7) is 16.1. The number of hydrogen-bond donors (Lipinski definition) is 2. The van der Waals surface area contributed by atoms with Gasteiger partial charge in [-0.05, 0) is 56.5 Å². The summed E-state index contributed by atoms with van der Waals surface area (Å²) < 4.78 is 0. The molecule has 1 aliphatic rings. The van der Waals surface area contributed by atoms with Crippen molar-refractivity contribution < 1.29 is 0 Å². The second-order valence-corrected chi connectivity index (χ2v) is 11.4. The Balaban J connectivity index is 1.39. The van der Waals surface area contributed by atoms with Gasteiger partial charge in [-0.3, -0.25) is 0 Å². The summed E-state index contributed by atoms with van der Waals surface area (Å²) in [5.41, 5.74) is 6.98. The zero-order valence-electron chi connectivity index (χ0n) is 24.2. The average molecular weight is 550 g/mol. The predicted octanol–water partition coefficient (Wildman–Crippen LogP) is 8.36. The van der Waals surface area contributed by atoms with Crippen molar-refractivity contribution >= 4 is 23.2 Å². The maximum atomic E-state index is 4.47. The molecule has 0 spiro atoms. The number of allylic oxidation sites excluding steroid dienone is 4. The largest absolute Gasteiger partial charge is 0.388 e. The molecule has 0 aliphatic carbocycles. The Labute approximate surface area is 245 Å². The molecule has 1 saturated heterocycles. The summed E-state index contributed by atoms with van der Waals surface area (Å²) in [5, 5.41) is 6.96. The minimum Gasteiger partial charge on any atom is -0.388 e. The zero-order chi connectivity index (χ0) is 28.3. The molecule has 0 saturated carbocycles. The summed E-state index contributed by atoms with van der Waals surface area (Å²) >= 11 is 1.77. The van der Waals surface area contributed by atoms with Crippen LogP contribution in [-0.4, -0.2) is 37.6 Å². The van der Waals surface area contributed by atoms with Gasteiger partial charge in [0.05, 0.1) is 0 Å². The van der Waals surface area contributed by atoms with E-state index in [1.165, 1.54) is 20.9 Å². The topological polar surface area (TPSA) is 27.3 Å². The Kier molecular flexibility index (Phi) is 10.9.